The summed E-state index contributed by atoms with van der Waals surface area (Å²) in [5.74, 6) is -0.542. The van der Waals surface area contributed by atoms with E-state index in [1.807, 2.05) is 11.8 Å². The second-order valence-electron chi connectivity index (χ2n) is 7.36. The fraction of sp³-hybridized carbons (Fsp3) is 0.611. The third kappa shape index (κ3) is 4.83. The summed E-state index contributed by atoms with van der Waals surface area (Å²) in [5.41, 5.74) is 0.152. The number of carbonyl (C=O) groups excluding carboxylic acids is 1. The van der Waals surface area contributed by atoms with E-state index < -0.39 is 16.0 Å². The number of hydrogen-bond donors (Lipinski definition) is 1. The van der Waals surface area contributed by atoms with Crippen LogP contribution in [0.5, 0.6) is 0 Å². The Morgan fingerprint density at radius 3 is 2.54 bits per heavy atom. The number of rotatable bonds is 7. The number of hydrogen-bond acceptors (Lipinski definition) is 4. The van der Waals surface area contributed by atoms with Crippen LogP contribution in [0.25, 0.3) is 0 Å². The summed E-state index contributed by atoms with van der Waals surface area (Å²) in [6.07, 6.45) is 2.06. The molecule has 0 aromatic heterocycles. The predicted octanol–water partition coefficient (Wildman–Crippen LogP) is 1.44. The smallest absolute Gasteiger partial charge is 0.282 e. The van der Waals surface area contributed by atoms with Crippen molar-refractivity contribution in [1.29, 1.82) is 0 Å². The van der Waals surface area contributed by atoms with Gasteiger partial charge in [-0.3, -0.25) is 9.69 Å². The molecule has 1 aromatic rings. The average molecular weight is 433 g/mol. The molecule has 2 fully saturated rings. The van der Waals surface area contributed by atoms with E-state index in [0.717, 1.165) is 17.1 Å². The molecule has 0 bridgehead atoms. The van der Waals surface area contributed by atoms with Crippen LogP contribution in [0, 0.1) is 5.82 Å². The van der Waals surface area contributed by atoms with Crippen LogP contribution in [0.2, 0.25) is 5.02 Å². The van der Waals surface area contributed by atoms with Crippen molar-refractivity contribution >= 4 is 27.7 Å². The molecule has 0 radical (unpaired) electrons. The van der Waals surface area contributed by atoms with E-state index in [1.165, 1.54) is 29.6 Å². The van der Waals surface area contributed by atoms with E-state index in [-0.39, 0.29) is 42.2 Å². The van der Waals surface area contributed by atoms with E-state index in [1.54, 1.807) is 0 Å². The third-order valence-corrected chi connectivity index (χ3v) is 7.58. The van der Waals surface area contributed by atoms with E-state index in [4.69, 9.17) is 11.6 Å². The van der Waals surface area contributed by atoms with Crippen LogP contribution in [0.4, 0.5) is 4.39 Å². The Labute approximate surface area is 170 Å². The van der Waals surface area contributed by atoms with Crippen LogP contribution < -0.4 is 5.32 Å². The van der Waals surface area contributed by atoms with Gasteiger partial charge in [0.15, 0.2) is 0 Å². The van der Waals surface area contributed by atoms with Gasteiger partial charge in [-0.1, -0.05) is 17.7 Å². The zero-order valence-electron chi connectivity index (χ0n) is 16.1. The van der Waals surface area contributed by atoms with Crippen molar-refractivity contribution in [2.45, 2.75) is 38.4 Å². The first-order valence-electron chi connectivity index (χ1n) is 9.39. The molecule has 1 N–H and O–H groups in total. The molecule has 0 spiro atoms. The van der Waals surface area contributed by atoms with Crippen LogP contribution in [-0.4, -0.2) is 73.1 Å². The lowest BCUT2D eigenvalue weighted by molar-refractivity contribution is -0.126. The van der Waals surface area contributed by atoms with Gasteiger partial charge in [0.1, 0.15) is 5.82 Å². The van der Waals surface area contributed by atoms with Crippen LogP contribution in [0.3, 0.4) is 0 Å². The van der Waals surface area contributed by atoms with E-state index in [9.17, 15) is 17.6 Å². The first-order valence-corrected chi connectivity index (χ1v) is 11.2. The Kier molecular flexibility index (Phi) is 6.61. The van der Waals surface area contributed by atoms with Gasteiger partial charge < -0.3 is 5.32 Å². The third-order valence-electron chi connectivity index (χ3n) is 5.29. The van der Waals surface area contributed by atoms with Crippen molar-refractivity contribution in [2.75, 3.05) is 33.2 Å². The second kappa shape index (κ2) is 8.62. The summed E-state index contributed by atoms with van der Waals surface area (Å²) in [6.45, 7) is 3.18. The molecule has 7 nitrogen and oxygen atoms in total. The monoisotopic (exact) mass is 432 g/mol. The van der Waals surface area contributed by atoms with Gasteiger partial charge in [-0.25, -0.2) is 4.39 Å². The van der Waals surface area contributed by atoms with Gasteiger partial charge in [0.05, 0.1) is 6.04 Å². The van der Waals surface area contributed by atoms with Crippen molar-refractivity contribution in [2.24, 2.45) is 0 Å². The molecule has 1 heterocycles. The summed E-state index contributed by atoms with van der Waals surface area (Å²) >= 11 is 6.01. The number of benzene rings is 1. The lowest BCUT2D eigenvalue weighted by Crippen LogP contribution is -2.56. The zero-order valence-corrected chi connectivity index (χ0v) is 17.6. The molecule has 1 aromatic carbocycles. The normalized spacial score (nSPS) is 20.3. The molecule has 10 heteroatoms. The van der Waals surface area contributed by atoms with Crippen LogP contribution in [-0.2, 0) is 21.5 Å². The fourth-order valence-corrected chi connectivity index (χ4v) is 4.76. The summed E-state index contributed by atoms with van der Waals surface area (Å²) < 4.78 is 42.2. The van der Waals surface area contributed by atoms with Gasteiger partial charge in [-0.15, -0.1) is 0 Å². The van der Waals surface area contributed by atoms with Crippen molar-refractivity contribution in [1.82, 2.24) is 18.8 Å². The minimum atomic E-state index is -3.76. The fourth-order valence-electron chi connectivity index (χ4n) is 3.22. The standard InChI is InChI=1S/C18H26ClFN4O3S/c1-13(18(25)21-14-6-7-14)23-8-10-24(11-9-23)28(26,27)22(2)12-15-16(19)4-3-5-17(15)20/h3-5,13-14H,6-12H2,1-2H3,(H,21,25). The highest BCUT2D eigenvalue weighted by Crippen LogP contribution is 2.23. The van der Waals surface area contributed by atoms with E-state index in [0.29, 0.717) is 19.1 Å². The summed E-state index contributed by atoms with van der Waals surface area (Å²) in [5, 5.41) is 3.18. The van der Waals surface area contributed by atoms with Gasteiger partial charge >= 0.3 is 0 Å². The molecule has 1 atom stereocenters. The van der Waals surface area contributed by atoms with Gasteiger partial charge in [0.2, 0.25) is 5.91 Å². The SMILES string of the molecule is CC(C(=O)NC1CC1)N1CCN(S(=O)(=O)N(C)Cc2c(F)cccc2Cl)CC1. The number of carbonyl (C=O) groups is 1. The topological polar surface area (TPSA) is 73.0 Å². The van der Waals surface area contributed by atoms with Crippen LogP contribution in [0.15, 0.2) is 18.2 Å². The Balaban J connectivity index is 1.58. The number of halogens is 2. The number of piperazine rings is 1. The highest BCUT2D eigenvalue weighted by atomic mass is 35.5. The Hall–Kier alpha value is -1.26. The summed E-state index contributed by atoms with van der Waals surface area (Å²) in [4.78, 5) is 14.2. The minimum Gasteiger partial charge on any atom is -0.352 e. The molecule has 1 aliphatic heterocycles. The quantitative estimate of drug-likeness (QED) is 0.707. The largest absolute Gasteiger partial charge is 0.352 e. The van der Waals surface area contributed by atoms with Crippen LogP contribution in [0.1, 0.15) is 25.3 Å². The Morgan fingerprint density at radius 1 is 1.32 bits per heavy atom. The molecule has 1 unspecified atom stereocenters. The summed E-state index contributed by atoms with van der Waals surface area (Å²) in [7, 11) is -2.35. The maximum Gasteiger partial charge on any atom is 0.282 e. The minimum absolute atomic E-state index is 0.00915. The predicted molar refractivity (Wildman–Crippen MR) is 106 cm³/mol. The Morgan fingerprint density at radius 2 is 1.96 bits per heavy atom. The van der Waals surface area contributed by atoms with Crippen molar-refractivity contribution in [3.05, 3.63) is 34.6 Å². The van der Waals surface area contributed by atoms with E-state index in [2.05, 4.69) is 5.32 Å². The average Bonchev–Trinajstić information content (AvgIpc) is 3.48. The lowest BCUT2D eigenvalue weighted by Gasteiger charge is -2.38. The molecule has 156 valence electrons. The zero-order chi connectivity index (χ0) is 20.5. The van der Waals surface area contributed by atoms with Crippen LogP contribution >= 0.6 is 11.6 Å². The first-order chi connectivity index (χ1) is 13.2. The first kappa shape index (κ1) is 21.4. The molecular weight excluding hydrogens is 407 g/mol. The maximum absolute atomic E-state index is 14.0. The molecule has 2 aliphatic rings. The second-order valence-corrected chi connectivity index (χ2v) is 9.80. The molecule has 1 amide bonds. The van der Waals surface area contributed by atoms with Crippen molar-refractivity contribution in [3.63, 3.8) is 0 Å². The molecular formula is C18H26ClFN4O3S. The number of nitrogens with one attached hydrogen (secondary N) is 1. The van der Waals surface area contributed by atoms with Crippen molar-refractivity contribution < 1.29 is 17.6 Å². The highest BCUT2D eigenvalue weighted by Gasteiger charge is 2.34. The molecule has 1 aliphatic carbocycles. The molecule has 3 rings (SSSR count). The van der Waals surface area contributed by atoms with Gasteiger partial charge in [0, 0.05) is 56.4 Å². The van der Waals surface area contributed by atoms with Gasteiger partial charge in [-0.2, -0.15) is 17.0 Å². The molecule has 1 saturated heterocycles. The van der Waals surface area contributed by atoms with Gasteiger partial charge in [-0.05, 0) is 31.9 Å². The number of nitrogens with zero attached hydrogens (tertiary/aromatic N) is 3. The van der Waals surface area contributed by atoms with Crippen molar-refractivity contribution in [3.8, 4) is 0 Å². The highest BCUT2D eigenvalue weighted by molar-refractivity contribution is 7.86. The molecule has 28 heavy (non-hydrogen) atoms. The maximum atomic E-state index is 14.0. The van der Waals surface area contributed by atoms with E-state index >= 15 is 0 Å². The summed E-state index contributed by atoms with van der Waals surface area (Å²) in [6, 6.07) is 4.29. The number of amides is 1. The lowest BCUT2D eigenvalue weighted by atomic mass is 10.2. The molecule has 1 saturated carbocycles. The Bertz CT molecular complexity index is 806. The van der Waals surface area contributed by atoms with Gasteiger partial charge in [0.25, 0.3) is 10.2 Å².